The monoisotopic (exact) mass is 425 g/mol. The fourth-order valence-corrected chi connectivity index (χ4v) is 3.24. The Labute approximate surface area is 174 Å². The third kappa shape index (κ3) is 3.89. The highest BCUT2D eigenvalue weighted by molar-refractivity contribution is 5.81. The second-order valence-corrected chi connectivity index (χ2v) is 6.75. The number of phenols is 1. The van der Waals surface area contributed by atoms with Gasteiger partial charge in [0.1, 0.15) is 11.6 Å². The molecule has 0 fully saturated rings. The molecule has 0 radical (unpaired) electrons. The summed E-state index contributed by atoms with van der Waals surface area (Å²) in [6, 6.07) is 7.98. The first-order chi connectivity index (χ1) is 14.9. The van der Waals surface area contributed by atoms with Gasteiger partial charge >= 0.3 is 0 Å². The highest BCUT2D eigenvalue weighted by Gasteiger charge is 2.14. The van der Waals surface area contributed by atoms with Crippen LogP contribution in [-0.2, 0) is 6.42 Å². The number of ether oxygens (including phenoxy) is 2. The van der Waals surface area contributed by atoms with Gasteiger partial charge in [-0.15, -0.1) is 0 Å². The zero-order valence-electron chi connectivity index (χ0n) is 16.6. The van der Waals surface area contributed by atoms with Gasteiger partial charge in [0.25, 0.3) is 5.56 Å². The van der Waals surface area contributed by atoms with Gasteiger partial charge < -0.3 is 19.6 Å². The third-order valence-electron chi connectivity index (χ3n) is 4.76. The van der Waals surface area contributed by atoms with Crippen molar-refractivity contribution in [3.05, 3.63) is 76.0 Å². The van der Waals surface area contributed by atoms with E-state index in [1.165, 1.54) is 26.5 Å². The average Bonchev–Trinajstić information content (AvgIpc) is 2.76. The first-order valence-electron chi connectivity index (χ1n) is 9.18. The Morgan fingerprint density at radius 1 is 1.06 bits per heavy atom. The Hall–Kier alpha value is -4.01. The number of nitrogens with one attached hydrogen (secondary N) is 1. The first kappa shape index (κ1) is 20.3. The molecule has 0 bridgehead atoms. The summed E-state index contributed by atoms with van der Waals surface area (Å²) in [5.74, 6) is -1.28. The molecule has 4 rings (SSSR count). The maximum absolute atomic E-state index is 13.6. The van der Waals surface area contributed by atoms with Crippen molar-refractivity contribution in [1.82, 2.24) is 15.0 Å². The Balaban J connectivity index is 1.66. The van der Waals surface area contributed by atoms with Crippen LogP contribution in [0.1, 0.15) is 11.4 Å². The Kier molecular flexibility index (Phi) is 5.24. The van der Waals surface area contributed by atoms with E-state index in [-0.39, 0.29) is 23.2 Å². The van der Waals surface area contributed by atoms with Gasteiger partial charge in [0.2, 0.25) is 0 Å². The van der Waals surface area contributed by atoms with Crippen LogP contribution in [0.15, 0.2) is 47.4 Å². The molecular formula is C22H17F2N3O4. The fraction of sp³-hybridized carbons (Fsp3) is 0.136. The molecule has 0 aliphatic heterocycles. The lowest BCUT2D eigenvalue weighted by molar-refractivity contribution is 0.355. The van der Waals surface area contributed by atoms with Crippen LogP contribution in [0.2, 0.25) is 0 Å². The summed E-state index contributed by atoms with van der Waals surface area (Å²) < 4.78 is 37.6. The van der Waals surface area contributed by atoms with E-state index in [1.54, 1.807) is 18.2 Å². The van der Waals surface area contributed by atoms with Crippen molar-refractivity contribution in [2.45, 2.75) is 6.42 Å². The van der Waals surface area contributed by atoms with Crippen LogP contribution >= 0.6 is 0 Å². The number of aromatic hydroxyl groups is 1. The number of hydrogen-bond donors (Lipinski definition) is 2. The van der Waals surface area contributed by atoms with Crippen LogP contribution in [-0.4, -0.2) is 34.3 Å². The zero-order valence-corrected chi connectivity index (χ0v) is 16.6. The van der Waals surface area contributed by atoms with E-state index in [2.05, 4.69) is 15.0 Å². The number of pyridine rings is 1. The van der Waals surface area contributed by atoms with Gasteiger partial charge in [-0.25, -0.2) is 13.8 Å². The minimum absolute atomic E-state index is 0.0534. The molecule has 158 valence electrons. The van der Waals surface area contributed by atoms with Gasteiger partial charge in [-0.05, 0) is 23.8 Å². The lowest BCUT2D eigenvalue weighted by Gasteiger charge is -2.10. The highest BCUT2D eigenvalue weighted by Crippen LogP contribution is 2.32. The van der Waals surface area contributed by atoms with Crippen LogP contribution < -0.4 is 15.0 Å². The summed E-state index contributed by atoms with van der Waals surface area (Å²) in [5, 5.41) is 10.2. The molecule has 0 atom stereocenters. The molecule has 0 unspecified atom stereocenters. The van der Waals surface area contributed by atoms with Crippen molar-refractivity contribution in [2.24, 2.45) is 0 Å². The Morgan fingerprint density at radius 3 is 2.48 bits per heavy atom. The summed E-state index contributed by atoms with van der Waals surface area (Å²) in [6.07, 6.45) is 1.74. The molecule has 0 aliphatic carbocycles. The molecule has 2 N–H and O–H groups in total. The number of hydrogen-bond acceptors (Lipinski definition) is 6. The quantitative estimate of drug-likeness (QED) is 0.507. The van der Waals surface area contributed by atoms with Crippen molar-refractivity contribution >= 4 is 10.9 Å². The molecule has 7 nitrogen and oxygen atoms in total. The van der Waals surface area contributed by atoms with Gasteiger partial charge in [-0.3, -0.25) is 9.78 Å². The lowest BCUT2D eigenvalue weighted by atomic mass is 10.1. The van der Waals surface area contributed by atoms with E-state index < -0.39 is 17.4 Å². The van der Waals surface area contributed by atoms with E-state index in [0.717, 1.165) is 6.07 Å². The van der Waals surface area contributed by atoms with Crippen molar-refractivity contribution in [2.75, 3.05) is 14.2 Å². The maximum Gasteiger partial charge on any atom is 0.258 e. The number of halogens is 2. The van der Waals surface area contributed by atoms with Crippen LogP contribution in [0.3, 0.4) is 0 Å². The predicted molar refractivity (Wildman–Crippen MR) is 110 cm³/mol. The third-order valence-corrected chi connectivity index (χ3v) is 4.76. The number of methoxy groups -OCH3 is 2. The minimum atomic E-state index is -1.06. The summed E-state index contributed by atoms with van der Waals surface area (Å²) in [7, 11) is 2.97. The van der Waals surface area contributed by atoms with E-state index in [1.807, 2.05) is 0 Å². The lowest BCUT2D eigenvalue weighted by Crippen LogP contribution is -2.12. The predicted octanol–water partition coefficient (Wildman–Crippen LogP) is 3.58. The molecule has 0 saturated carbocycles. The van der Waals surface area contributed by atoms with E-state index in [4.69, 9.17) is 9.47 Å². The molecule has 4 aromatic rings. The first-order valence-corrected chi connectivity index (χ1v) is 9.18. The van der Waals surface area contributed by atoms with Crippen molar-refractivity contribution < 1.29 is 23.4 Å². The zero-order chi connectivity index (χ0) is 22.1. The number of H-pyrrole nitrogens is 1. The Bertz CT molecular complexity index is 1340. The van der Waals surface area contributed by atoms with Gasteiger partial charge in [-0.2, -0.15) is 0 Å². The Morgan fingerprint density at radius 2 is 1.81 bits per heavy atom. The number of phenolic OH excluding ortho intramolecular Hbond substituents is 1. The minimum Gasteiger partial charge on any atom is -0.504 e. The molecule has 2 heterocycles. The van der Waals surface area contributed by atoms with Crippen molar-refractivity contribution in [3.63, 3.8) is 0 Å². The summed E-state index contributed by atoms with van der Waals surface area (Å²) >= 11 is 0. The van der Waals surface area contributed by atoms with Gasteiger partial charge in [0.15, 0.2) is 23.1 Å². The smallest absolute Gasteiger partial charge is 0.258 e. The number of aromatic amines is 1. The molecule has 9 heteroatoms. The van der Waals surface area contributed by atoms with Gasteiger partial charge in [0, 0.05) is 30.3 Å². The number of benzene rings is 2. The van der Waals surface area contributed by atoms with E-state index in [9.17, 15) is 18.7 Å². The second kappa shape index (κ2) is 8.02. The van der Waals surface area contributed by atoms with Gasteiger partial charge in [-0.1, -0.05) is 6.07 Å². The van der Waals surface area contributed by atoms with E-state index >= 15 is 0 Å². The topological polar surface area (TPSA) is 97.3 Å². The number of rotatable bonds is 5. The van der Waals surface area contributed by atoms with Crippen molar-refractivity contribution in [1.29, 1.82) is 0 Å². The molecule has 0 spiro atoms. The van der Waals surface area contributed by atoms with Crippen LogP contribution in [0.5, 0.6) is 17.2 Å². The molecule has 0 saturated heterocycles. The molecule has 2 aromatic heterocycles. The van der Waals surface area contributed by atoms with Gasteiger partial charge in [0.05, 0.1) is 30.8 Å². The molecule has 31 heavy (non-hydrogen) atoms. The van der Waals surface area contributed by atoms with E-state index in [0.29, 0.717) is 39.9 Å². The standard InChI is InChI=1S/C22H17F2N3O4/c1-30-18-8-14-17(9-19(18)31-2)26-20(27-22(14)29)5-11-3-4-16(25-10-11)13-6-12(23)7-15(24)21(13)28/h3-4,6-10,28H,5H2,1-2H3,(H,26,27,29). The summed E-state index contributed by atoms with van der Waals surface area (Å²) in [5.41, 5.74) is 0.966. The van der Waals surface area contributed by atoms with Crippen LogP contribution in [0, 0.1) is 11.6 Å². The highest BCUT2D eigenvalue weighted by atomic mass is 19.1. The largest absolute Gasteiger partial charge is 0.504 e. The van der Waals surface area contributed by atoms with Crippen LogP contribution in [0.25, 0.3) is 22.2 Å². The normalized spacial score (nSPS) is 11.0. The maximum atomic E-state index is 13.6. The fourth-order valence-electron chi connectivity index (χ4n) is 3.24. The summed E-state index contributed by atoms with van der Waals surface area (Å²) in [6.45, 7) is 0. The average molecular weight is 425 g/mol. The number of fused-ring (bicyclic) bond motifs is 1. The molecule has 2 aromatic carbocycles. The molecule has 0 amide bonds. The summed E-state index contributed by atoms with van der Waals surface area (Å²) in [4.78, 5) is 23.9. The van der Waals surface area contributed by atoms with Crippen molar-refractivity contribution in [3.8, 4) is 28.5 Å². The van der Waals surface area contributed by atoms with Crippen LogP contribution in [0.4, 0.5) is 8.78 Å². The number of nitrogens with zero attached hydrogens (tertiary/aromatic N) is 2. The number of aromatic nitrogens is 3. The molecular weight excluding hydrogens is 408 g/mol. The second-order valence-electron chi connectivity index (χ2n) is 6.75. The SMILES string of the molecule is COc1cc2nc(Cc3ccc(-c4cc(F)cc(F)c4O)nc3)[nH]c(=O)c2cc1OC. The molecule has 0 aliphatic rings.